The fourth-order valence-corrected chi connectivity index (χ4v) is 5.27. The van der Waals surface area contributed by atoms with Crippen molar-refractivity contribution in [2.75, 3.05) is 50.0 Å². The zero-order valence-corrected chi connectivity index (χ0v) is 25.4. The normalized spacial score (nSPS) is 16.5. The van der Waals surface area contributed by atoms with Gasteiger partial charge in [0.1, 0.15) is 10.5 Å². The van der Waals surface area contributed by atoms with Crippen LogP contribution in [0.25, 0.3) is 0 Å². The molecule has 2 aromatic rings. The molecule has 0 bridgehead atoms. The van der Waals surface area contributed by atoms with Gasteiger partial charge in [0.15, 0.2) is 0 Å². The third-order valence-electron chi connectivity index (χ3n) is 6.63. The van der Waals surface area contributed by atoms with Crippen LogP contribution in [0.4, 0.5) is 15.5 Å². The molecule has 9 nitrogen and oxygen atoms in total. The second-order valence-electron chi connectivity index (χ2n) is 11.2. The van der Waals surface area contributed by atoms with Crippen LogP contribution in [0, 0.1) is 18.8 Å². The summed E-state index contributed by atoms with van der Waals surface area (Å²) >= 11 is 1.37. The molecule has 4 rings (SSSR count). The molecule has 2 aliphatic rings. The number of carbonyl (C=O) groups excluding carboxylic acids is 3. The second kappa shape index (κ2) is 13.3. The third kappa shape index (κ3) is 7.84. The first-order valence-corrected chi connectivity index (χ1v) is 14.3. The number of urea groups is 1. The molecule has 4 N–H and O–H groups in total. The van der Waals surface area contributed by atoms with Crippen molar-refractivity contribution in [3.63, 3.8) is 0 Å². The number of rotatable bonds is 3. The molecule has 2 fully saturated rings. The van der Waals surface area contributed by atoms with E-state index in [1.54, 1.807) is 25.7 Å². The lowest BCUT2D eigenvalue weighted by atomic mass is 9.93. The number of benzene rings is 1. The minimum atomic E-state index is -0.989. The maximum Gasteiger partial charge on any atom is 0.324 e. The number of hydrogen-bond acceptors (Lipinski definition) is 6. The van der Waals surface area contributed by atoms with Crippen molar-refractivity contribution in [2.45, 2.75) is 59.4 Å². The summed E-state index contributed by atoms with van der Waals surface area (Å²) in [7, 11) is 0. The third-order valence-corrected chi connectivity index (χ3v) is 8.10. The van der Waals surface area contributed by atoms with E-state index in [-0.39, 0.29) is 17.2 Å². The standard InChI is InChI=1S/C26H32N4O3S.C4H9NO/c1-8-9-17-14-18(11-10-16(17)2)28-24(33)29-21-19(15-20(34-21)25(3,4)5)22(31)30-13-12-27-23(32)26(30,6)7;1-3-6-4-2-5-1/h10-11,14-15H,12-13H2,1-7H3,(H,27,32)(H2,28,29,33);5H,1-4H2. The number of piperazine rings is 1. The Morgan fingerprint density at radius 3 is 2.38 bits per heavy atom. The summed E-state index contributed by atoms with van der Waals surface area (Å²) in [5, 5.41) is 12.1. The first-order chi connectivity index (χ1) is 18.8. The molecule has 4 amide bonds. The van der Waals surface area contributed by atoms with Crippen LogP contribution in [0.2, 0.25) is 0 Å². The van der Waals surface area contributed by atoms with Crippen molar-refractivity contribution < 1.29 is 19.1 Å². The van der Waals surface area contributed by atoms with E-state index >= 15 is 0 Å². The van der Waals surface area contributed by atoms with E-state index in [0.717, 1.165) is 42.3 Å². The predicted molar refractivity (Wildman–Crippen MR) is 161 cm³/mol. The molecule has 10 heteroatoms. The molecule has 1 aromatic heterocycles. The zero-order chi connectivity index (χ0) is 29.5. The lowest BCUT2D eigenvalue weighted by Crippen LogP contribution is -2.63. The molecule has 2 saturated heterocycles. The van der Waals surface area contributed by atoms with Gasteiger partial charge in [-0.05, 0) is 56.9 Å². The van der Waals surface area contributed by atoms with Gasteiger partial charge in [0.25, 0.3) is 5.91 Å². The topological polar surface area (TPSA) is 112 Å². The highest BCUT2D eigenvalue weighted by Crippen LogP contribution is 2.37. The maximum absolute atomic E-state index is 13.6. The minimum absolute atomic E-state index is 0.198. The van der Waals surface area contributed by atoms with E-state index in [0.29, 0.717) is 29.3 Å². The highest BCUT2D eigenvalue weighted by atomic mass is 32.1. The van der Waals surface area contributed by atoms with E-state index in [9.17, 15) is 14.4 Å². The molecular weight excluding hydrogens is 526 g/mol. The largest absolute Gasteiger partial charge is 0.379 e. The van der Waals surface area contributed by atoms with Crippen molar-refractivity contribution in [3.05, 3.63) is 45.8 Å². The van der Waals surface area contributed by atoms with Gasteiger partial charge in [0.2, 0.25) is 5.91 Å². The van der Waals surface area contributed by atoms with E-state index < -0.39 is 11.6 Å². The molecule has 0 unspecified atom stereocenters. The van der Waals surface area contributed by atoms with Crippen LogP contribution >= 0.6 is 11.3 Å². The van der Waals surface area contributed by atoms with E-state index in [2.05, 4.69) is 53.9 Å². The Morgan fingerprint density at radius 2 is 1.80 bits per heavy atom. The highest BCUT2D eigenvalue weighted by molar-refractivity contribution is 7.16. The smallest absolute Gasteiger partial charge is 0.324 e. The Hall–Kier alpha value is -3.39. The molecule has 1 aromatic carbocycles. The molecule has 40 heavy (non-hydrogen) atoms. The summed E-state index contributed by atoms with van der Waals surface area (Å²) in [6.45, 7) is 18.0. The Kier molecular flexibility index (Phi) is 10.4. The number of carbonyl (C=O) groups is 3. The van der Waals surface area contributed by atoms with Gasteiger partial charge in [-0.3, -0.25) is 14.9 Å². The summed E-state index contributed by atoms with van der Waals surface area (Å²) in [6, 6.07) is 6.90. The number of nitrogens with zero attached hydrogens (tertiary/aromatic N) is 1. The van der Waals surface area contributed by atoms with Crippen LogP contribution in [0.5, 0.6) is 0 Å². The Labute approximate surface area is 241 Å². The SMILES string of the molecule is C1COCCN1.CC#Cc1cc(NC(=O)Nc2sc(C(C)(C)C)cc2C(=O)N2CCNC(=O)C2(C)C)ccc1C. The molecule has 0 aliphatic carbocycles. The van der Waals surface area contributed by atoms with Crippen molar-refractivity contribution in [1.29, 1.82) is 0 Å². The number of thiophene rings is 1. The van der Waals surface area contributed by atoms with Gasteiger partial charge in [-0.25, -0.2) is 4.79 Å². The van der Waals surface area contributed by atoms with Crippen molar-refractivity contribution in [2.24, 2.45) is 0 Å². The van der Waals surface area contributed by atoms with Gasteiger partial charge in [0, 0.05) is 42.3 Å². The Morgan fingerprint density at radius 1 is 1.10 bits per heavy atom. The summed E-state index contributed by atoms with van der Waals surface area (Å²) in [5.74, 6) is 5.43. The fourth-order valence-electron chi connectivity index (χ4n) is 4.16. The first-order valence-electron chi connectivity index (χ1n) is 13.5. The van der Waals surface area contributed by atoms with Gasteiger partial charge in [-0.2, -0.15) is 0 Å². The first kappa shape index (κ1) is 31.1. The monoisotopic (exact) mass is 567 g/mol. The molecule has 3 heterocycles. The predicted octanol–water partition coefficient (Wildman–Crippen LogP) is 4.33. The van der Waals surface area contributed by atoms with Crippen LogP contribution in [-0.4, -0.2) is 67.7 Å². The Bertz CT molecular complexity index is 1280. The highest BCUT2D eigenvalue weighted by Gasteiger charge is 2.42. The van der Waals surface area contributed by atoms with Crippen LogP contribution in [-0.2, 0) is 14.9 Å². The van der Waals surface area contributed by atoms with Crippen LogP contribution in [0.1, 0.15) is 67.9 Å². The average molecular weight is 568 g/mol. The van der Waals surface area contributed by atoms with Gasteiger partial charge in [-0.15, -0.1) is 17.3 Å². The maximum atomic E-state index is 13.6. The number of hydrogen-bond donors (Lipinski definition) is 4. The fraction of sp³-hybridized carbons (Fsp3) is 0.500. The number of amides is 4. The Balaban J connectivity index is 0.000000649. The van der Waals surface area contributed by atoms with Gasteiger partial charge >= 0.3 is 6.03 Å². The lowest BCUT2D eigenvalue weighted by molar-refractivity contribution is -0.133. The van der Waals surface area contributed by atoms with Crippen molar-refractivity contribution >= 4 is 39.9 Å². The van der Waals surface area contributed by atoms with Crippen LogP contribution in [0.15, 0.2) is 24.3 Å². The summed E-state index contributed by atoms with van der Waals surface area (Å²) in [6.07, 6.45) is 0. The number of nitrogens with one attached hydrogen (secondary N) is 4. The second-order valence-corrected chi connectivity index (χ2v) is 12.3. The molecule has 0 saturated carbocycles. The lowest BCUT2D eigenvalue weighted by Gasteiger charge is -2.41. The van der Waals surface area contributed by atoms with Crippen molar-refractivity contribution in [1.82, 2.24) is 15.5 Å². The van der Waals surface area contributed by atoms with Gasteiger partial charge < -0.3 is 25.6 Å². The summed E-state index contributed by atoms with van der Waals surface area (Å²) in [4.78, 5) is 41.4. The van der Waals surface area contributed by atoms with Crippen LogP contribution < -0.4 is 21.3 Å². The molecule has 0 atom stereocenters. The molecule has 2 aliphatic heterocycles. The van der Waals surface area contributed by atoms with Gasteiger partial charge in [-0.1, -0.05) is 32.8 Å². The molecule has 0 spiro atoms. The molecule has 0 radical (unpaired) electrons. The minimum Gasteiger partial charge on any atom is -0.379 e. The van der Waals surface area contributed by atoms with E-state index in [1.807, 2.05) is 31.2 Å². The number of morpholine rings is 1. The van der Waals surface area contributed by atoms with Gasteiger partial charge in [0.05, 0.1) is 18.8 Å². The molecule has 216 valence electrons. The van der Waals surface area contributed by atoms with Crippen molar-refractivity contribution in [3.8, 4) is 11.8 Å². The van der Waals surface area contributed by atoms with Crippen LogP contribution in [0.3, 0.4) is 0 Å². The van der Waals surface area contributed by atoms with E-state index in [1.165, 1.54) is 11.3 Å². The quantitative estimate of drug-likeness (QED) is 0.413. The average Bonchev–Trinajstić information content (AvgIpc) is 3.33. The zero-order valence-electron chi connectivity index (χ0n) is 24.5. The summed E-state index contributed by atoms with van der Waals surface area (Å²) < 4.78 is 5.01. The number of ether oxygens (including phenoxy) is 1. The number of aryl methyl sites for hydroxylation is 1. The summed E-state index contributed by atoms with van der Waals surface area (Å²) in [5.41, 5.74) is 1.65. The molecular formula is C30H41N5O4S. The number of anilines is 2. The van der Waals surface area contributed by atoms with E-state index in [4.69, 9.17) is 4.74 Å².